The molecule has 0 spiro atoms. The predicted octanol–water partition coefficient (Wildman–Crippen LogP) is 6.23. The Bertz CT molecular complexity index is 1160. The van der Waals surface area contributed by atoms with Gasteiger partial charge in [0, 0.05) is 23.5 Å². The fourth-order valence-electron chi connectivity index (χ4n) is 4.83. The highest BCUT2D eigenvalue weighted by Crippen LogP contribution is 2.21. The first-order chi connectivity index (χ1) is 18.0. The zero-order chi connectivity index (χ0) is 26.0. The zero-order valence-corrected chi connectivity index (χ0v) is 23.0. The molecule has 1 N–H and O–H groups in total. The highest BCUT2D eigenvalue weighted by atomic mass is 79.9. The number of aryl methyl sites for hydroxylation is 1. The molecule has 1 fully saturated rings. The lowest BCUT2D eigenvalue weighted by Crippen LogP contribution is -2.53. The Kier molecular flexibility index (Phi) is 9.78. The molecule has 1 saturated carbocycles. The number of nitrogens with zero attached hydrogens (tertiary/aromatic N) is 1. The normalized spacial score (nSPS) is 14.5. The molecule has 0 saturated heterocycles. The Morgan fingerprint density at radius 3 is 2.30 bits per heavy atom. The van der Waals surface area contributed by atoms with Crippen LogP contribution in [0.1, 0.15) is 48.8 Å². The van der Waals surface area contributed by atoms with Crippen molar-refractivity contribution in [3.63, 3.8) is 0 Å². The standard InChI is InChI=1S/C31H35BrN2O3/c1-23-10-8-9-15-29(23)37-22-30(35)34(21-25-16-18-26(32)19-17-25)28(20-24-11-4-2-5-12-24)31(36)33-27-13-6-3-7-14-27/h2,4-5,8-12,15-19,27-28H,3,6-7,13-14,20-22H2,1H3,(H,33,36)/t28-/m1/s1. The van der Waals surface area contributed by atoms with Crippen molar-refractivity contribution in [2.45, 2.75) is 64.1 Å². The van der Waals surface area contributed by atoms with Crippen LogP contribution < -0.4 is 10.1 Å². The molecule has 4 rings (SSSR count). The number of rotatable bonds is 10. The van der Waals surface area contributed by atoms with Crippen molar-refractivity contribution in [2.24, 2.45) is 0 Å². The van der Waals surface area contributed by atoms with Gasteiger partial charge in [-0.1, -0.05) is 95.9 Å². The van der Waals surface area contributed by atoms with Gasteiger partial charge in [-0.2, -0.15) is 0 Å². The van der Waals surface area contributed by atoms with E-state index in [1.165, 1.54) is 6.42 Å². The SMILES string of the molecule is Cc1ccccc1OCC(=O)N(Cc1ccc(Br)cc1)[C@H](Cc1ccccc1)C(=O)NC1CCCCC1. The molecule has 5 nitrogen and oxygen atoms in total. The van der Waals surface area contributed by atoms with Crippen LogP contribution in [-0.4, -0.2) is 35.4 Å². The summed E-state index contributed by atoms with van der Waals surface area (Å²) in [6.07, 6.45) is 5.87. The van der Waals surface area contributed by atoms with Crippen molar-refractivity contribution >= 4 is 27.7 Å². The number of hydrogen-bond acceptors (Lipinski definition) is 3. The zero-order valence-electron chi connectivity index (χ0n) is 21.4. The fraction of sp³-hybridized carbons (Fsp3) is 0.355. The molecule has 3 aromatic carbocycles. The van der Waals surface area contributed by atoms with Crippen molar-refractivity contribution in [3.8, 4) is 5.75 Å². The van der Waals surface area contributed by atoms with Gasteiger partial charge in [0.15, 0.2) is 6.61 Å². The van der Waals surface area contributed by atoms with E-state index in [1.807, 2.05) is 85.8 Å². The number of benzene rings is 3. The lowest BCUT2D eigenvalue weighted by Gasteiger charge is -2.33. The van der Waals surface area contributed by atoms with Crippen molar-refractivity contribution in [1.29, 1.82) is 0 Å². The number of nitrogens with one attached hydrogen (secondary N) is 1. The summed E-state index contributed by atoms with van der Waals surface area (Å²) in [4.78, 5) is 29.2. The van der Waals surface area contributed by atoms with Gasteiger partial charge in [-0.25, -0.2) is 0 Å². The van der Waals surface area contributed by atoms with Gasteiger partial charge in [-0.3, -0.25) is 9.59 Å². The lowest BCUT2D eigenvalue weighted by atomic mass is 9.94. The molecule has 0 aromatic heterocycles. The summed E-state index contributed by atoms with van der Waals surface area (Å²) in [6, 6.07) is 24.9. The van der Waals surface area contributed by atoms with Gasteiger partial charge in [-0.05, 0) is 54.7 Å². The summed E-state index contributed by atoms with van der Waals surface area (Å²) in [6.45, 7) is 2.14. The molecule has 37 heavy (non-hydrogen) atoms. The van der Waals surface area contributed by atoms with Gasteiger partial charge in [-0.15, -0.1) is 0 Å². The maximum atomic E-state index is 13.8. The Labute approximate surface area is 228 Å². The number of hydrogen-bond donors (Lipinski definition) is 1. The van der Waals surface area contributed by atoms with E-state index >= 15 is 0 Å². The van der Waals surface area contributed by atoms with E-state index in [2.05, 4.69) is 21.2 Å². The second-order valence-electron chi connectivity index (χ2n) is 9.75. The van der Waals surface area contributed by atoms with Gasteiger partial charge < -0.3 is 15.0 Å². The van der Waals surface area contributed by atoms with E-state index in [0.717, 1.165) is 46.8 Å². The summed E-state index contributed by atoms with van der Waals surface area (Å²) < 4.78 is 6.90. The first kappa shape index (κ1) is 26.9. The molecular weight excluding hydrogens is 528 g/mol. The molecule has 6 heteroatoms. The first-order valence-electron chi connectivity index (χ1n) is 13.1. The molecule has 0 unspecified atom stereocenters. The van der Waals surface area contributed by atoms with Crippen LogP contribution in [0.5, 0.6) is 5.75 Å². The van der Waals surface area contributed by atoms with Gasteiger partial charge in [0.05, 0.1) is 0 Å². The molecule has 0 heterocycles. The molecule has 2 amide bonds. The minimum Gasteiger partial charge on any atom is -0.484 e. The Morgan fingerprint density at radius 1 is 0.919 bits per heavy atom. The minimum atomic E-state index is -0.652. The van der Waals surface area contributed by atoms with Crippen LogP contribution in [-0.2, 0) is 22.6 Å². The van der Waals surface area contributed by atoms with E-state index < -0.39 is 6.04 Å². The number of carbonyl (C=O) groups is 2. The molecule has 0 aliphatic heterocycles. The third-order valence-electron chi connectivity index (χ3n) is 6.93. The highest BCUT2D eigenvalue weighted by molar-refractivity contribution is 9.10. The Hall–Kier alpha value is -3.12. The van der Waals surface area contributed by atoms with Crippen LogP contribution in [0, 0.1) is 6.92 Å². The van der Waals surface area contributed by atoms with Crippen molar-refractivity contribution in [1.82, 2.24) is 10.2 Å². The Balaban J connectivity index is 1.61. The molecule has 0 radical (unpaired) electrons. The molecule has 194 valence electrons. The second kappa shape index (κ2) is 13.4. The number of carbonyl (C=O) groups excluding carboxylic acids is 2. The van der Waals surface area contributed by atoms with Crippen LogP contribution in [0.15, 0.2) is 83.3 Å². The van der Waals surface area contributed by atoms with E-state index in [0.29, 0.717) is 18.7 Å². The Morgan fingerprint density at radius 2 is 1.59 bits per heavy atom. The van der Waals surface area contributed by atoms with Crippen molar-refractivity contribution in [3.05, 3.63) is 100 Å². The van der Waals surface area contributed by atoms with Gasteiger partial charge in [0.25, 0.3) is 5.91 Å². The summed E-state index contributed by atoms with van der Waals surface area (Å²) in [7, 11) is 0. The third kappa shape index (κ3) is 7.93. The second-order valence-corrected chi connectivity index (χ2v) is 10.7. The maximum absolute atomic E-state index is 13.8. The molecule has 1 atom stereocenters. The lowest BCUT2D eigenvalue weighted by molar-refractivity contribution is -0.143. The monoisotopic (exact) mass is 562 g/mol. The minimum absolute atomic E-state index is 0.0999. The number of ether oxygens (including phenoxy) is 1. The molecule has 3 aromatic rings. The fourth-order valence-corrected chi connectivity index (χ4v) is 5.09. The summed E-state index contributed by atoms with van der Waals surface area (Å²) in [5.41, 5.74) is 2.93. The maximum Gasteiger partial charge on any atom is 0.261 e. The summed E-state index contributed by atoms with van der Waals surface area (Å²) in [5.74, 6) is 0.355. The van der Waals surface area contributed by atoms with Gasteiger partial charge in [0.1, 0.15) is 11.8 Å². The van der Waals surface area contributed by atoms with E-state index in [4.69, 9.17) is 4.74 Å². The summed E-state index contributed by atoms with van der Waals surface area (Å²) in [5, 5.41) is 3.27. The van der Waals surface area contributed by atoms with E-state index in [1.54, 1.807) is 4.90 Å². The van der Waals surface area contributed by atoms with E-state index in [-0.39, 0.29) is 24.5 Å². The molecule has 1 aliphatic rings. The highest BCUT2D eigenvalue weighted by Gasteiger charge is 2.32. The topological polar surface area (TPSA) is 58.6 Å². The quantitative estimate of drug-likeness (QED) is 0.319. The van der Waals surface area contributed by atoms with Crippen molar-refractivity contribution in [2.75, 3.05) is 6.61 Å². The largest absolute Gasteiger partial charge is 0.484 e. The third-order valence-corrected chi connectivity index (χ3v) is 7.46. The number of amides is 2. The van der Waals surface area contributed by atoms with E-state index in [9.17, 15) is 9.59 Å². The predicted molar refractivity (Wildman–Crippen MR) is 150 cm³/mol. The molecule has 0 bridgehead atoms. The smallest absolute Gasteiger partial charge is 0.261 e. The van der Waals surface area contributed by atoms with Crippen LogP contribution in [0.25, 0.3) is 0 Å². The number of para-hydroxylation sites is 1. The molecule has 1 aliphatic carbocycles. The van der Waals surface area contributed by atoms with Crippen molar-refractivity contribution < 1.29 is 14.3 Å². The van der Waals surface area contributed by atoms with Gasteiger partial charge >= 0.3 is 0 Å². The average molecular weight is 564 g/mol. The van der Waals surface area contributed by atoms with Gasteiger partial charge in [0.2, 0.25) is 5.91 Å². The van der Waals surface area contributed by atoms with Crippen LogP contribution >= 0.6 is 15.9 Å². The van der Waals surface area contributed by atoms with Crippen LogP contribution in [0.4, 0.5) is 0 Å². The summed E-state index contributed by atoms with van der Waals surface area (Å²) >= 11 is 3.49. The average Bonchev–Trinajstić information content (AvgIpc) is 2.92. The van der Waals surface area contributed by atoms with Crippen LogP contribution in [0.2, 0.25) is 0 Å². The number of halogens is 1. The first-order valence-corrected chi connectivity index (χ1v) is 13.9. The van der Waals surface area contributed by atoms with Crippen LogP contribution in [0.3, 0.4) is 0 Å². The molecular formula is C31H35BrN2O3.